The Balaban J connectivity index is 0.000000293. The summed E-state index contributed by atoms with van der Waals surface area (Å²) in [5.41, 5.74) is 3.44. The van der Waals surface area contributed by atoms with E-state index in [1.165, 1.54) is 18.2 Å². The average Bonchev–Trinajstić information content (AvgIpc) is 3.39. The van der Waals surface area contributed by atoms with Crippen LogP contribution in [0.4, 0.5) is 5.69 Å². The molecule has 2 heterocycles. The number of aryl methyl sites for hydroxylation is 1. The van der Waals surface area contributed by atoms with Gasteiger partial charge in [-0.05, 0) is 103 Å². The van der Waals surface area contributed by atoms with Crippen LogP contribution >= 0.6 is 34.2 Å². The molecule has 6 atom stereocenters. The Labute approximate surface area is 383 Å². The number of carboxylic acid groups (broad SMARTS) is 1. The predicted octanol–water partition coefficient (Wildman–Crippen LogP) is 6.19. The van der Waals surface area contributed by atoms with Crippen LogP contribution in [0.2, 0.25) is 5.02 Å². The number of primary sulfonamides is 1. The number of benzene rings is 2. The number of carbonyl (C=O) groups is 1. The molecule has 0 radical (unpaired) electrons. The van der Waals surface area contributed by atoms with Crippen LogP contribution in [0.25, 0.3) is 0 Å². The number of sulfonamides is 1. The molecule has 2 aliphatic heterocycles. The topological polar surface area (TPSA) is 173 Å². The van der Waals surface area contributed by atoms with Gasteiger partial charge < -0.3 is 39.4 Å². The Morgan fingerprint density at radius 1 is 1.08 bits per heavy atom. The van der Waals surface area contributed by atoms with Gasteiger partial charge in [-0.1, -0.05) is 59.3 Å². The largest absolute Gasteiger partial charge is 0.490 e. The zero-order valence-electron chi connectivity index (χ0n) is 36.7. The molecule has 344 valence electrons. The van der Waals surface area contributed by atoms with Gasteiger partial charge in [-0.3, -0.25) is 4.90 Å². The molecule has 61 heavy (non-hydrogen) atoms. The number of alkyl halides is 1. The molecule has 0 aromatic heterocycles. The molecular formula is C45H70ClIN4O9S. The van der Waals surface area contributed by atoms with E-state index in [9.17, 15) is 23.4 Å². The van der Waals surface area contributed by atoms with Gasteiger partial charge in [0.15, 0.2) is 0 Å². The second kappa shape index (κ2) is 26.5. The first-order chi connectivity index (χ1) is 29.2. The highest BCUT2D eigenvalue weighted by Crippen LogP contribution is 2.46. The number of rotatable bonds is 16. The summed E-state index contributed by atoms with van der Waals surface area (Å²) < 4.78 is 43.7. The third-order valence-electron chi connectivity index (χ3n) is 12.2. The van der Waals surface area contributed by atoms with E-state index in [0.29, 0.717) is 25.0 Å². The zero-order valence-corrected chi connectivity index (χ0v) is 40.4. The summed E-state index contributed by atoms with van der Waals surface area (Å²) in [6.45, 7) is 17.1. The Morgan fingerprint density at radius 3 is 2.31 bits per heavy atom. The first-order valence-electron chi connectivity index (χ1n) is 21.0. The molecule has 2 aromatic carbocycles. The summed E-state index contributed by atoms with van der Waals surface area (Å²) in [7, 11) is 1.42. The second-order valence-corrected chi connectivity index (χ2v) is 18.5. The van der Waals surface area contributed by atoms with Crippen LogP contribution in [0.1, 0.15) is 60.5 Å². The molecule has 2 aliphatic carbocycles. The molecule has 0 amide bonds. The summed E-state index contributed by atoms with van der Waals surface area (Å²) in [5, 5.41) is 28.5. The minimum absolute atomic E-state index is 0.0625. The number of ether oxygens (including phenoxy) is 4. The van der Waals surface area contributed by atoms with Crippen molar-refractivity contribution >= 4 is 55.9 Å². The van der Waals surface area contributed by atoms with Gasteiger partial charge in [0, 0.05) is 71.0 Å². The lowest BCUT2D eigenvalue weighted by Gasteiger charge is -2.45. The molecule has 5 N–H and O–H groups in total. The Bertz CT molecular complexity index is 1780. The lowest BCUT2D eigenvalue weighted by atomic mass is 9.68. The first-order valence-corrected chi connectivity index (χ1v) is 25.1. The van der Waals surface area contributed by atoms with Crippen LogP contribution in [0.3, 0.4) is 0 Å². The zero-order chi connectivity index (χ0) is 45.2. The molecule has 1 saturated heterocycles. The number of piperazine rings is 1. The number of nitrogens with zero attached hydrogens (tertiary/aromatic N) is 2. The minimum Gasteiger partial charge on any atom is -0.490 e. The Kier molecular flexibility index (Phi) is 23.0. The highest BCUT2D eigenvalue weighted by atomic mass is 127. The molecule has 1 saturated carbocycles. The van der Waals surface area contributed by atoms with Crippen molar-refractivity contribution in [3.63, 3.8) is 0 Å². The van der Waals surface area contributed by atoms with E-state index in [2.05, 4.69) is 63.0 Å². The standard InChI is InChI=1S/C27H30ClNO4.C9H20N2O2.C8H17NO3S.CH3I/c1-2-24(30)21-8-5-19(21)14-29-15-27(11-3-4-17-12-20(28)7-9-22(17)27)16-33-25-10-6-18(26(31)32)13-23(25)29;1-12-7-9(8-13-2)11-5-3-10-4-6-11;1-4-5-7(2)8(6-12-3)13(9,10)11;1-2/h2,6-7,9-10,12-13,19,21,24,30H,1,3-5,8,11,14-16H2,(H,31,32);9-10H,3-8H2,1-2H3;4,7-8H,1,5-6H2,2-3H3,(H2,9,10,11);1H3/t19-,21+,24-,27-;;7-,8+;/m0.0./s1. The van der Waals surface area contributed by atoms with Crippen molar-refractivity contribution in [1.82, 2.24) is 10.2 Å². The number of hydrogen-bond acceptors (Lipinski definition) is 11. The van der Waals surface area contributed by atoms with Gasteiger partial charge in [-0.2, -0.15) is 0 Å². The number of hydrogen-bond donors (Lipinski definition) is 4. The van der Waals surface area contributed by atoms with Crippen molar-refractivity contribution in [2.24, 2.45) is 22.9 Å². The number of carboxylic acids is 1. The van der Waals surface area contributed by atoms with Gasteiger partial charge in [0.05, 0.1) is 49.8 Å². The normalized spacial score (nSPS) is 22.4. The number of nitrogens with one attached hydrogen (secondary N) is 1. The number of anilines is 1. The molecule has 4 aliphatic rings. The van der Waals surface area contributed by atoms with Crippen molar-refractivity contribution in [2.45, 2.75) is 68.3 Å². The number of aromatic carboxylic acids is 1. The van der Waals surface area contributed by atoms with E-state index in [4.69, 9.17) is 35.7 Å². The first kappa shape index (κ1) is 53.0. The number of nitrogens with two attached hydrogens (primary N) is 1. The van der Waals surface area contributed by atoms with Gasteiger partial charge in [0.1, 0.15) is 11.0 Å². The van der Waals surface area contributed by atoms with E-state index in [1.54, 1.807) is 44.6 Å². The summed E-state index contributed by atoms with van der Waals surface area (Å²) in [6, 6.07) is 11.7. The third kappa shape index (κ3) is 15.1. The van der Waals surface area contributed by atoms with Gasteiger partial charge >= 0.3 is 5.97 Å². The van der Waals surface area contributed by atoms with Crippen molar-refractivity contribution in [2.75, 3.05) is 96.9 Å². The molecule has 13 nitrogen and oxygen atoms in total. The van der Waals surface area contributed by atoms with Gasteiger partial charge in [-0.25, -0.2) is 18.4 Å². The number of aliphatic hydroxyl groups excluding tert-OH is 1. The molecule has 2 fully saturated rings. The maximum Gasteiger partial charge on any atom is 0.335 e. The fourth-order valence-electron chi connectivity index (χ4n) is 8.83. The monoisotopic (exact) mass is 1000 g/mol. The van der Waals surface area contributed by atoms with Crippen LogP contribution in [0, 0.1) is 17.8 Å². The van der Waals surface area contributed by atoms with Gasteiger partial charge in [0.2, 0.25) is 10.0 Å². The summed E-state index contributed by atoms with van der Waals surface area (Å²) in [6.07, 6.45) is 8.50. The highest BCUT2D eigenvalue weighted by Gasteiger charge is 2.44. The molecule has 0 bridgehead atoms. The third-order valence-corrected chi connectivity index (χ3v) is 13.9. The van der Waals surface area contributed by atoms with E-state index >= 15 is 0 Å². The van der Waals surface area contributed by atoms with Crippen LogP contribution in [0.15, 0.2) is 61.7 Å². The van der Waals surface area contributed by atoms with Crippen LogP contribution in [-0.2, 0) is 36.1 Å². The number of aliphatic hydroxyl groups is 1. The fourth-order valence-corrected chi connectivity index (χ4v) is 10.1. The summed E-state index contributed by atoms with van der Waals surface area (Å²) in [4.78, 5) is 18.4. The average molecular weight is 1010 g/mol. The van der Waals surface area contributed by atoms with Gasteiger partial charge in [-0.15, -0.1) is 13.2 Å². The van der Waals surface area contributed by atoms with E-state index in [-0.39, 0.29) is 29.4 Å². The predicted molar refractivity (Wildman–Crippen MR) is 254 cm³/mol. The molecular weight excluding hydrogens is 935 g/mol. The Morgan fingerprint density at radius 2 is 1.75 bits per heavy atom. The van der Waals surface area contributed by atoms with Crippen molar-refractivity contribution < 1.29 is 42.4 Å². The lowest BCUT2D eigenvalue weighted by molar-refractivity contribution is 0.0303. The van der Waals surface area contributed by atoms with Crippen molar-refractivity contribution in [1.29, 1.82) is 0 Å². The SMILES string of the molecule is C=CC[C@H](C)[C@@H](COC)S(N)(=O)=O.C=C[C@H](O)[C@@H]1CC[C@H]1CN1C[C@@]2(CCCc3cc(Cl)ccc32)COc2ccc(C(=O)O)cc21.CI.COCC(COC)N1CCNCC1. The number of methoxy groups -OCH3 is 3. The lowest BCUT2D eigenvalue weighted by Crippen LogP contribution is -2.51. The highest BCUT2D eigenvalue weighted by molar-refractivity contribution is 14.1. The minimum atomic E-state index is -3.52. The maximum absolute atomic E-state index is 11.7. The van der Waals surface area contributed by atoms with Crippen LogP contribution in [0.5, 0.6) is 5.75 Å². The van der Waals surface area contributed by atoms with Crippen molar-refractivity contribution in [3.05, 3.63) is 83.4 Å². The maximum atomic E-state index is 11.7. The summed E-state index contributed by atoms with van der Waals surface area (Å²) in [5.74, 6) is 0.220. The number of allylic oxidation sites excluding steroid dienone is 1. The summed E-state index contributed by atoms with van der Waals surface area (Å²) >= 11 is 8.46. The molecule has 2 aromatic rings. The fraction of sp³-hybridized carbons (Fsp3) is 0.622. The van der Waals surface area contributed by atoms with E-state index < -0.39 is 27.3 Å². The molecule has 1 spiro atoms. The number of fused-ring (bicyclic) bond motifs is 3. The molecule has 0 unspecified atom stereocenters. The van der Waals surface area contributed by atoms with Crippen LogP contribution in [-0.4, -0.2) is 139 Å². The molecule has 16 heteroatoms. The van der Waals surface area contributed by atoms with Crippen molar-refractivity contribution in [3.8, 4) is 5.75 Å². The quantitative estimate of drug-likeness (QED) is 0.0856. The van der Waals surface area contributed by atoms with E-state index in [0.717, 1.165) is 101 Å². The smallest absolute Gasteiger partial charge is 0.335 e. The molecule has 6 rings (SSSR count). The van der Waals surface area contributed by atoms with E-state index in [1.807, 2.05) is 17.9 Å². The Hall–Kier alpha value is -2.32. The van der Waals surface area contributed by atoms with Gasteiger partial charge in [0.25, 0.3) is 0 Å². The number of halogens is 2. The van der Waals surface area contributed by atoms with Crippen LogP contribution < -0.4 is 20.1 Å². The second-order valence-electron chi connectivity index (χ2n) is 16.3.